The van der Waals surface area contributed by atoms with Crippen LogP contribution in [0.4, 0.5) is 0 Å². The maximum Gasteiger partial charge on any atom is 0.323 e. The number of aliphatic carboxylic acids is 1. The Labute approximate surface area is 95.9 Å². The average molecular weight is 228 g/mol. The molecule has 0 aromatic heterocycles. The first-order chi connectivity index (χ1) is 7.38. The lowest BCUT2D eigenvalue weighted by atomic mass is 10.0. The van der Waals surface area contributed by atoms with Gasteiger partial charge in [0.05, 0.1) is 6.04 Å². The normalized spacial score (nSPS) is 12.2. The van der Waals surface area contributed by atoms with Crippen molar-refractivity contribution in [3.8, 4) is 0 Å². The molecule has 5 heteroatoms. The van der Waals surface area contributed by atoms with Gasteiger partial charge in [-0.3, -0.25) is 9.59 Å². The largest absolute Gasteiger partial charge is 0.480 e. The lowest BCUT2D eigenvalue weighted by Gasteiger charge is -2.23. The van der Waals surface area contributed by atoms with E-state index in [4.69, 9.17) is 10.8 Å². The van der Waals surface area contributed by atoms with Crippen LogP contribution >= 0.6 is 0 Å². The summed E-state index contributed by atoms with van der Waals surface area (Å²) in [7, 11) is 0. The van der Waals surface area contributed by atoms with Crippen LogP contribution in [0.25, 0.3) is 0 Å². The number of carboxylic acids is 1. The van der Waals surface area contributed by atoms with Crippen molar-refractivity contribution in [1.82, 2.24) is 4.90 Å². The summed E-state index contributed by atoms with van der Waals surface area (Å²) in [5.41, 5.74) is 5.71. The van der Waals surface area contributed by atoms with Crippen molar-refractivity contribution < 1.29 is 14.7 Å². The van der Waals surface area contributed by atoms with Gasteiger partial charge in [0, 0.05) is 6.54 Å². The van der Waals surface area contributed by atoms with Crippen molar-refractivity contribution in [1.29, 1.82) is 0 Å². The van der Waals surface area contributed by atoms with E-state index in [1.165, 1.54) is 11.0 Å². The van der Waals surface area contributed by atoms with Crippen molar-refractivity contribution in [2.75, 3.05) is 13.1 Å². The molecule has 0 unspecified atom stereocenters. The van der Waals surface area contributed by atoms with Gasteiger partial charge in [-0.2, -0.15) is 0 Å². The third-order valence-electron chi connectivity index (χ3n) is 2.03. The molecular weight excluding hydrogens is 208 g/mol. The highest BCUT2D eigenvalue weighted by Gasteiger charge is 2.22. The topological polar surface area (TPSA) is 83.6 Å². The Kier molecular flexibility index (Phi) is 6.41. The van der Waals surface area contributed by atoms with Crippen LogP contribution in [0, 0.1) is 5.92 Å². The molecule has 0 aliphatic carbocycles. The van der Waals surface area contributed by atoms with E-state index in [9.17, 15) is 9.59 Å². The molecule has 0 spiro atoms. The van der Waals surface area contributed by atoms with E-state index in [1.807, 2.05) is 13.8 Å². The minimum atomic E-state index is -1.05. The summed E-state index contributed by atoms with van der Waals surface area (Å²) in [5.74, 6) is -1.09. The number of carbonyl (C=O) groups excluding carboxylic acids is 1. The molecule has 0 rings (SSSR count). The molecule has 0 heterocycles. The fraction of sp³-hybridized carbons (Fsp3) is 0.636. The van der Waals surface area contributed by atoms with E-state index < -0.39 is 12.0 Å². The smallest absolute Gasteiger partial charge is 0.323 e. The van der Waals surface area contributed by atoms with Crippen LogP contribution in [0.15, 0.2) is 12.7 Å². The van der Waals surface area contributed by atoms with Gasteiger partial charge in [-0.1, -0.05) is 19.9 Å². The Balaban J connectivity index is 4.46. The molecule has 0 aliphatic rings. The molecule has 5 nitrogen and oxygen atoms in total. The fourth-order valence-electron chi connectivity index (χ4n) is 1.39. The number of hydrogen-bond donors (Lipinski definition) is 2. The summed E-state index contributed by atoms with van der Waals surface area (Å²) in [6.07, 6.45) is 2.04. The van der Waals surface area contributed by atoms with E-state index >= 15 is 0 Å². The van der Waals surface area contributed by atoms with Gasteiger partial charge in [0.1, 0.15) is 6.54 Å². The lowest BCUT2D eigenvalue weighted by molar-refractivity contribution is -0.144. The third-order valence-corrected chi connectivity index (χ3v) is 2.03. The predicted octanol–water partition coefficient (Wildman–Crippen LogP) is 0.459. The van der Waals surface area contributed by atoms with Gasteiger partial charge in [-0.25, -0.2) is 0 Å². The van der Waals surface area contributed by atoms with Crippen molar-refractivity contribution in [2.24, 2.45) is 11.7 Å². The second-order valence-electron chi connectivity index (χ2n) is 4.14. The minimum absolute atomic E-state index is 0.205. The zero-order chi connectivity index (χ0) is 12.7. The molecule has 0 saturated heterocycles. The second-order valence-corrected chi connectivity index (χ2v) is 4.14. The number of hydrogen-bond acceptors (Lipinski definition) is 3. The van der Waals surface area contributed by atoms with E-state index in [-0.39, 0.29) is 19.0 Å². The van der Waals surface area contributed by atoms with Crippen LogP contribution in [0.3, 0.4) is 0 Å². The van der Waals surface area contributed by atoms with Crippen LogP contribution in [-0.2, 0) is 9.59 Å². The molecule has 16 heavy (non-hydrogen) atoms. The summed E-state index contributed by atoms with van der Waals surface area (Å²) < 4.78 is 0. The molecule has 0 saturated carbocycles. The monoisotopic (exact) mass is 228 g/mol. The zero-order valence-corrected chi connectivity index (χ0v) is 9.85. The number of carboxylic acid groups (broad SMARTS) is 1. The van der Waals surface area contributed by atoms with Crippen molar-refractivity contribution in [3.05, 3.63) is 12.7 Å². The number of nitrogens with two attached hydrogens (primary N) is 1. The average Bonchev–Trinajstić information content (AvgIpc) is 2.14. The zero-order valence-electron chi connectivity index (χ0n) is 9.85. The van der Waals surface area contributed by atoms with Crippen LogP contribution in [0.2, 0.25) is 0 Å². The van der Waals surface area contributed by atoms with Crippen molar-refractivity contribution in [3.63, 3.8) is 0 Å². The molecule has 0 aromatic carbocycles. The maximum absolute atomic E-state index is 11.8. The predicted molar refractivity (Wildman–Crippen MR) is 61.8 cm³/mol. The minimum Gasteiger partial charge on any atom is -0.480 e. The Morgan fingerprint density at radius 1 is 1.50 bits per heavy atom. The Morgan fingerprint density at radius 3 is 2.44 bits per heavy atom. The Bertz CT molecular complexity index is 264. The molecule has 0 aliphatic heterocycles. The molecule has 3 N–H and O–H groups in total. The van der Waals surface area contributed by atoms with Gasteiger partial charge in [-0.15, -0.1) is 6.58 Å². The van der Waals surface area contributed by atoms with Crippen LogP contribution in [0.1, 0.15) is 20.3 Å². The molecule has 92 valence electrons. The molecule has 0 radical (unpaired) electrons. The first-order valence-electron chi connectivity index (χ1n) is 5.25. The van der Waals surface area contributed by atoms with Crippen LogP contribution < -0.4 is 5.73 Å². The van der Waals surface area contributed by atoms with Gasteiger partial charge >= 0.3 is 5.97 Å². The van der Waals surface area contributed by atoms with Gasteiger partial charge in [-0.05, 0) is 12.3 Å². The number of carbonyl (C=O) groups is 2. The van der Waals surface area contributed by atoms with Crippen LogP contribution in [0.5, 0.6) is 0 Å². The number of amides is 1. The molecule has 0 bridgehead atoms. The first-order valence-corrected chi connectivity index (χ1v) is 5.25. The van der Waals surface area contributed by atoms with Crippen molar-refractivity contribution >= 4 is 11.9 Å². The number of nitrogens with zero attached hydrogens (tertiary/aromatic N) is 1. The van der Waals surface area contributed by atoms with E-state index in [0.29, 0.717) is 12.3 Å². The SMILES string of the molecule is C=CCN(CC(=O)O)C(=O)[C@H](N)CC(C)C. The van der Waals surface area contributed by atoms with E-state index in [2.05, 4.69) is 6.58 Å². The number of rotatable bonds is 7. The molecule has 1 amide bonds. The van der Waals surface area contributed by atoms with E-state index in [1.54, 1.807) is 0 Å². The lowest BCUT2D eigenvalue weighted by Crippen LogP contribution is -2.46. The Morgan fingerprint density at radius 2 is 2.06 bits per heavy atom. The summed E-state index contributed by atoms with van der Waals surface area (Å²) in [4.78, 5) is 23.6. The molecule has 1 atom stereocenters. The molecule has 0 aromatic rings. The van der Waals surface area contributed by atoms with Gasteiger partial charge < -0.3 is 15.7 Å². The summed E-state index contributed by atoms with van der Waals surface area (Å²) in [6.45, 7) is 7.27. The maximum atomic E-state index is 11.8. The van der Waals surface area contributed by atoms with Gasteiger partial charge in [0.25, 0.3) is 0 Å². The summed E-state index contributed by atoms with van der Waals surface area (Å²) in [5, 5.41) is 8.65. The van der Waals surface area contributed by atoms with E-state index in [0.717, 1.165) is 0 Å². The standard InChI is InChI=1S/C11H20N2O3/c1-4-5-13(7-10(14)15)11(16)9(12)6-8(2)3/h4,8-9H,1,5-7,12H2,2-3H3,(H,14,15)/t9-/m1/s1. The summed E-state index contributed by atoms with van der Waals surface area (Å²) >= 11 is 0. The van der Waals surface area contributed by atoms with Gasteiger partial charge in [0.15, 0.2) is 0 Å². The fourth-order valence-corrected chi connectivity index (χ4v) is 1.39. The van der Waals surface area contributed by atoms with Crippen molar-refractivity contribution in [2.45, 2.75) is 26.3 Å². The first kappa shape index (κ1) is 14.6. The second kappa shape index (κ2) is 7.00. The molecular formula is C11H20N2O3. The van der Waals surface area contributed by atoms with Gasteiger partial charge in [0.2, 0.25) is 5.91 Å². The highest BCUT2D eigenvalue weighted by atomic mass is 16.4. The molecule has 0 fully saturated rings. The third kappa shape index (κ3) is 5.50. The highest BCUT2D eigenvalue weighted by molar-refractivity contribution is 5.85. The Hall–Kier alpha value is -1.36. The van der Waals surface area contributed by atoms with Crippen LogP contribution in [-0.4, -0.2) is 41.0 Å². The quantitative estimate of drug-likeness (QED) is 0.620. The highest BCUT2D eigenvalue weighted by Crippen LogP contribution is 2.06. The summed E-state index contributed by atoms with van der Waals surface area (Å²) in [6, 6.07) is -0.640.